The summed E-state index contributed by atoms with van der Waals surface area (Å²) >= 11 is 4.67. The smallest absolute Gasteiger partial charge is 0.150 e. The average molecular weight is 344 g/mol. The minimum absolute atomic E-state index is 0.143. The van der Waals surface area contributed by atoms with E-state index < -0.39 is 0 Å². The van der Waals surface area contributed by atoms with E-state index in [9.17, 15) is 4.39 Å². The van der Waals surface area contributed by atoms with Crippen molar-refractivity contribution in [1.82, 2.24) is 15.5 Å². The second-order valence-corrected chi connectivity index (χ2v) is 6.17. The predicted octanol–water partition coefficient (Wildman–Crippen LogP) is 4.17. The summed E-state index contributed by atoms with van der Waals surface area (Å²) in [5.74, 6) is -0.286. The van der Waals surface area contributed by atoms with Crippen LogP contribution in [0.3, 0.4) is 0 Å². The van der Waals surface area contributed by atoms with Gasteiger partial charge in [0.05, 0.1) is 6.04 Å². The zero-order chi connectivity index (χ0) is 13.8. The lowest BCUT2D eigenvalue weighted by atomic mass is 10.2. The highest BCUT2D eigenvalue weighted by atomic mass is 79.9. The molecule has 1 atom stereocenters. The maximum Gasteiger partial charge on any atom is 0.150 e. The second-order valence-electron chi connectivity index (χ2n) is 4.25. The number of nitrogens with zero attached hydrogens (tertiary/aromatic N) is 2. The SMILES string of the molecule is CCCNC(C)c1nnc(-c2ccc(Br)cc2F)s1. The van der Waals surface area contributed by atoms with Crippen molar-refractivity contribution in [2.24, 2.45) is 0 Å². The number of aromatic nitrogens is 2. The highest BCUT2D eigenvalue weighted by molar-refractivity contribution is 9.10. The fourth-order valence-corrected chi connectivity index (χ4v) is 2.86. The van der Waals surface area contributed by atoms with Gasteiger partial charge in [-0.2, -0.15) is 0 Å². The van der Waals surface area contributed by atoms with Crippen LogP contribution in [-0.4, -0.2) is 16.7 Å². The van der Waals surface area contributed by atoms with E-state index in [0.29, 0.717) is 10.6 Å². The standard InChI is InChI=1S/C13H15BrFN3S/c1-3-6-16-8(2)12-17-18-13(19-12)10-5-4-9(14)7-11(10)15/h4-5,7-8,16H,3,6H2,1-2H3. The van der Waals surface area contributed by atoms with Gasteiger partial charge >= 0.3 is 0 Å². The number of hydrogen-bond acceptors (Lipinski definition) is 4. The van der Waals surface area contributed by atoms with Crippen molar-refractivity contribution in [3.8, 4) is 10.6 Å². The van der Waals surface area contributed by atoms with Gasteiger partial charge in [0.2, 0.25) is 0 Å². The Balaban J connectivity index is 2.20. The molecule has 6 heteroatoms. The number of hydrogen-bond donors (Lipinski definition) is 1. The van der Waals surface area contributed by atoms with Gasteiger partial charge in [0.25, 0.3) is 0 Å². The molecule has 0 aliphatic rings. The quantitative estimate of drug-likeness (QED) is 0.885. The zero-order valence-corrected chi connectivity index (χ0v) is 13.2. The average Bonchev–Trinajstić information content (AvgIpc) is 2.85. The van der Waals surface area contributed by atoms with Gasteiger partial charge < -0.3 is 5.32 Å². The first-order valence-corrected chi connectivity index (χ1v) is 7.75. The van der Waals surface area contributed by atoms with Crippen LogP contribution in [0.2, 0.25) is 0 Å². The van der Waals surface area contributed by atoms with Crippen molar-refractivity contribution in [3.05, 3.63) is 33.5 Å². The van der Waals surface area contributed by atoms with Crippen LogP contribution in [0, 0.1) is 5.82 Å². The van der Waals surface area contributed by atoms with E-state index in [0.717, 1.165) is 22.4 Å². The molecule has 0 saturated carbocycles. The van der Waals surface area contributed by atoms with E-state index in [1.807, 2.05) is 6.92 Å². The van der Waals surface area contributed by atoms with E-state index >= 15 is 0 Å². The van der Waals surface area contributed by atoms with Crippen LogP contribution in [0.25, 0.3) is 10.6 Å². The summed E-state index contributed by atoms with van der Waals surface area (Å²) in [4.78, 5) is 0. The number of rotatable bonds is 5. The van der Waals surface area contributed by atoms with Crippen LogP contribution in [0.5, 0.6) is 0 Å². The van der Waals surface area contributed by atoms with Crippen LogP contribution in [0.15, 0.2) is 22.7 Å². The van der Waals surface area contributed by atoms with Crippen molar-refractivity contribution in [2.75, 3.05) is 6.54 Å². The molecule has 0 radical (unpaired) electrons. The summed E-state index contributed by atoms with van der Waals surface area (Å²) < 4.78 is 14.6. The Bertz CT molecular complexity index is 559. The van der Waals surface area contributed by atoms with E-state index in [2.05, 4.69) is 38.4 Å². The Morgan fingerprint density at radius 2 is 2.21 bits per heavy atom. The van der Waals surface area contributed by atoms with Gasteiger partial charge in [-0.15, -0.1) is 10.2 Å². The molecule has 1 aromatic heterocycles. The van der Waals surface area contributed by atoms with Crippen molar-refractivity contribution in [1.29, 1.82) is 0 Å². The molecule has 0 saturated heterocycles. The fourth-order valence-electron chi connectivity index (χ4n) is 1.63. The Morgan fingerprint density at radius 1 is 1.42 bits per heavy atom. The Labute approximate surface area is 124 Å². The maximum absolute atomic E-state index is 13.8. The molecule has 1 heterocycles. The van der Waals surface area contributed by atoms with Gasteiger partial charge in [0.1, 0.15) is 10.8 Å². The molecule has 0 bridgehead atoms. The third-order valence-electron chi connectivity index (χ3n) is 2.67. The van der Waals surface area contributed by atoms with Crippen LogP contribution >= 0.6 is 27.3 Å². The van der Waals surface area contributed by atoms with Gasteiger partial charge in [-0.25, -0.2) is 4.39 Å². The maximum atomic E-state index is 13.8. The fraction of sp³-hybridized carbons (Fsp3) is 0.385. The first-order valence-electron chi connectivity index (χ1n) is 6.14. The van der Waals surface area contributed by atoms with E-state index in [-0.39, 0.29) is 11.9 Å². The predicted molar refractivity (Wildman–Crippen MR) is 79.7 cm³/mol. The molecule has 1 N–H and O–H groups in total. The molecule has 0 spiro atoms. The van der Waals surface area contributed by atoms with Gasteiger partial charge in [0.15, 0.2) is 5.01 Å². The normalized spacial score (nSPS) is 12.6. The lowest BCUT2D eigenvalue weighted by Gasteiger charge is -2.08. The van der Waals surface area contributed by atoms with Crippen LogP contribution in [0.4, 0.5) is 4.39 Å². The number of benzene rings is 1. The lowest BCUT2D eigenvalue weighted by molar-refractivity contribution is 0.564. The number of halogens is 2. The van der Waals surface area contributed by atoms with Crippen LogP contribution in [0.1, 0.15) is 31.3 Å². The summed E-state index contributed by atoms with van der Waals surface area (Å²) in [6, 6.07) is 5.10. The molecule has 0 fully saturated rings. The molecule has 0 aliphatic carbocycles. The minimum Gasteiger partial charge on any atom is -0.308 e. The summed E-state index contributed by atoms with van der Waals surface area (Å²) in [6.45, 7) is 5.09. The first kappa shape index (κ1) is 14.6. The van der Waals surface area contributed by atoms with E-state index in [1.54, 1.807) is 12.1 Å². The monoisotopic (exact) mass is 343 g/mol. The van der Waals surface area contributed by atoms with Crippen LogP contribution in [-0.2, 0) is 0 Å². The summed E-state index contributed by atoms with van der Waals surface area (Å²) in [5.41, 5.74) is 0.495. The lowest BCUT2D eigenvalue weighted by Crippen LogP contribution is -2.18. The third kappa shape index (κ3) is 3.58. The van der Waals surface area contributed by atoms with E-state index in [4.69, 9.17) is 0 Å². The highest BCUT2D eigenvalue weighted by Crippen LogP contribution is 2.30. The molecule has 2 aromatic rings. The van der Waals surface area contributed by atoms with Crippen molar-refractivity contribution in [3.63, 3.8) is 0 Å². The molecule has 0 aliphatic heterocycles. The minimum atomic E-state index is -0.286. The molecule has 2 rings (SSSR count). The first-order chi connectivity index (χ1) is 9.11. The summed E-state index contributed by atoms with van der Waals surface area (Å²) in [7, 11) is 0. The van der Waals surface area contributed by atoms with Crippen LogP contribution < -0.4 is 5.32 Å². The van der Waals surface area contributed by atoms with Crippen molar-refractivity contribution >= 4 is 27.3 Å². The van der Waals surface area contributed by atoms with Gasteiger partial charge in [-0.1, -0.05) is 34.2 Å². The van der Waals surface area contributed by atoms with Gasteiger partial charge in [-0.3, -0.25) is 0 Å². The zero-order valence-electron chi connectivity index (χ0n) is 10.8. The molecule has 102 valence electrons. The van der Waals surface area contributed by atoms with E-state index in [1.165, 1.54) is 17.4 Å². The van der Waals surface area contributed by atoms with Gasteiger partial charge in [-0.05, 0) is 38.1 Å². The highest BCUT2D eigenvalue weighted by Gasteiger charge is 2.14. The Morgan fingerprint density at radius 3 is 2.89 bits per heavy atom. The molecule has 1 aromatic carbocycles. The summed E-state index contributed by atoms with van der Waals surface area (Å²) in [6.07, 6.45) is 1.07. The largest absolute Gasteiger partial charge is 0.308 e. The van der Waals surface area contributed by atoms with Crippen molar-refractivity contribution in [2.45, 2.75) is 26.3 Å². The Kier molecular flexibility index (Phi) is 5.01. The molecule has 3 nitrogen and oxygen atoms in total. The molecule has 0 amide bonds. The third-order valence-corrected chi connectivity index (χ3v) is 4.31. The molecular formula is C13H15BrFN3S. The molecule has 19 heavy (non-hydrogen) atoms. The van der Waals surface area contributed by atoms with Gasteiger partial charge in [0, 0.05) is 10.0 Å². The second kappa shape index (κ2) is 6.54. The topological polar surface area (TPSA) is 37.8 Å². The number of nitrogens with one attached hydrogen (secondary N) is 1. The molecular weight excluding hydrogens is 329 g/mol. The summed E-state index contributed by atoms with van der Waals surface area (Å²) in [5, 5.41) is 13.1. The van der Waals surface area contributed by atoms with Crippen molar-refractivity contribution < 1.29 is 4.39 Å². The Hall–Kier alpha value is -0.850. The molecule has 1 unspecified atom stereocenters.